The number of carbonyl (C=O) groups is 2. The summed E-state index contributed by atoms with van der Waals surface area (Å²) < 4.78 is 10.5. The molecule has 1 unspecified atom stereocenters. The third-order valence-corrected chi connectivity index (χ3v) is 3.73. The Bertz CT molecular complexity index is 700. The fourth-order valence-corrected chi connectivity index (χ4v) is 2.36. The van der Waals surface area contributed by atoms with Crippen molar-refractivity contribution in [3.63, 3.8) is 0 Å². The van der Waals surface area contributed by atoms with E-state index in [1.807, 2.05) is 37.3 Å². The third-order valence-electron chi connectivity index (χ3n) is 3.73. The zero-order valence-electron chi connectivity index (χ0n) is 14.7. The quantitative estimate of drug-likeness (QED) is 0.639. The zero-order valence-corrected chi connectivity index (χ0v) is 14.7. The first-order valence-electron chi connectivity index (χ1n) is 8.40. The molecule has 0 spiro atoms. The molecule has 1 atom stereocenters. The molecule has 6 nitrogen and oxygen atoms in total. The lowest BCUT2D eigenvalue weighted by Crippen LogP contribution is -2.30. The molecule has 1 amide bonds. The highest BCUT2D eigenvalue weighted by Gasteiger charge is 2.10. The van der Waals surface area contributed by atoms with Crippen LogP contribution in [0.4, 0.5) is 0 Å². The Labute approximate surface area is 152 Å². The number of carbonyl (C=O) groups excluding carboxylic acids is 1. The summed E-state index contributed by atoms with van der Waals surface area (Å²) >= 11 is 0. The molecule has 2 N–H and O–H groups in total. The Balaban J connectivity index is 1.70. The number of carboxylic acids is 1. The van der Waals surface area contributed by atoms with E-state index in [-0.39, 0.29) is 25.2 Å². The van der Waals surface area contributed by atoms with E-state index in [9.17, 15) is 9.59 Å². The second-order valence-corrected chi connectivity index (χ2v) is 5.83. The summed E-state index contributed by atoms with van der Waals surface area (Å²) in [7, 11) is 0. The van der Waals surface area contributed by atoms with Crippen molar-refractivity contribution in [3.05, 3.63) is 65.7 Å². The van der Waals surface area contributed by atoms with Crippen LogP contribution in [0.15, 0.2) is 54.6 Å². The summed E-state index contributed by atoms with van der Waals surface area (Å²) in [4.78, 5) is 22.4. The van der Waals surface area contributed by atoms with Gasteiger partial charge in [0.25, 0.3) is 0 Å². The largest absolute Gasteiger partial charge is 0.482 e. The fourth-order valence-electron chi connectivity index (χ4n) is 2.36. The summed E-state index contributed by atoms with van der Waals surface area (Å²) in [5.74, 6) is -0.738. The summed E-state index contributed by atoms with van der Waals surface area (Å²) in [6.45, 7) is 1.99. The van der Waals surface area contributed by atoms with Crippen molar-refractivity contribution in [2.75, 3.05) is 19.8 Å². The molecule has 2 aromatic carbocycles. The van der Waals surface area contributed by atoms with E-state index < -0.39 is 5.97 Å². The van der Waals surface area contributed by atoms with Crippen LogP contribution in [0.3, 0.4) is 0 Å². The summed E-state index contributed by atoms with van der Waals surface area (Å²) in [6.07, 6.45) is 0.765. The van der Waals surface area contributed by atoms with Gasteiger partial charge in [0.2, 0.25) is 5.91 Å². The number of ether oxygens (including phenoxy) is 2. The van der Waals surface area contributed by atoms with Crippen LogP contribution in [0.2, 0.25) is 0 Å². The predicted molar refractivity (Wildman–Crippen MR) is 97.1 cm³/mol. The van der Waals surface area contributed by atoms with Crippen molar-refractivity contribution < 1.29 is 24.2 Å². The Morgan fingerprint density at radius 1 is 1.04 bits per heavy atom. The van der Waals surface area contributed by atoms with Crippen LogP contribution in [0.25, 0.3) is 0 Å². The number of nitrogens with one attached hydrogen (secondary N) is 1. The van der Waals surface area contributed by atoms with E-state index in [4.69, 9.17) is 14.6 Å². The monoisotopic (exact) mass is 357 g/mol. The maximum Gasteiger partial charge on any atom is 0.341 e. The average molecular weight is 357 g/mol. The average Bonchev–Trinajstić information content (AvgIpc) is 2.65. The standard InChI is InChI=1S/C20H23NO5/c1-15(17-7-9-18(10-8-17)26-14-20(23)24)21-19(22)13-25-12-11-16-5-3-2-4-6-16/h2-10,15H,11-14H2,1H3,(H,21,22)(H,23,24). The number of carboxylic acid groups (broad SMARTS) is 1. The first-order chi connectivity index (χ1) is 12.5. The van der Waals surface area contributed by atoms with E-state index in [1.165, 1.54) is 5.56 Å². The molecular weight excluding hydrogens is 334 g/mol. The van der Waals surface area contributed by atoms with Crippen LogP contribution in [0, 0.1) is 0 Å². The third kappa shape index (κ3) is 6.94. The van der Waals surface area contributed by atoms with E-state index in [0.717, 1.165) is 12.0 Å². The first kappa shape index (κ1) is 19.5. The molecule has 0 radical (unpaired) electrons. The van der Waals surface area contributed by atoms with Gasteiger partial charge in [-0.2, -0.15) is 0 Å². The van der Waals surface area contributed by atoms with Crippen molar-refractivity contribution in [2.24, 2.45) is 0 Å². The Kier molecular flexibility index (Phi) is 7.64. The Morgan fingerprint density at radius 2 is 1.73 bits per heavy atom. The van der Waals surface area contributed by atoms with Crippen LogP contribution in [-0.2, 0) is 20.7 Å². The minimum Gasteiger partial charge on any atom is -0.482 e. The molecule has 0 saturated carbocycles. The topological polar surface area (TPSA) is 84.9 Å². The lowest BCUT2D eigenvalue weighted by molar-refractivity contribution is -0.139. The van der Waals surface area contributed by atoms with Crippen LogP contribution in [0.5, 0.6) is 5.75 Å². The molecule has 0 aliphatic carbocycles. The first-order valence-corrected chi connectivity index (χ1v) is 8.40. The van der Waals surface area contributed by atoms with Gasteiger partial charge in [-0.15, -0.1) is 0 Å². The summed E-state index contributed by atoms with van der Waals surface area (Å²) in [5, 5.41) is 11.5. The Morgan fingerprint density at radius 3 is 2.38 bits per heavy atom. The molecule has 6 heteroatoms. The lowest BCUT2D eigenvalue weighted by atomic mass is 10.1. The van der Waals surface area contributed by atoms with E-state index in [0.29, 0.717) is 12.4 Å². The molecule has 0 heterocycles. The molecule has 26 heavy (non-hydrogen) atoms. The van der Waals surface area contributed by atoms with Gasteiger partial charge < -0.3 is 19.9 Å². The van der Waals surface area contributed by atoms with E-state index in [1.54, 1.807) is 24.3 Å². The minimum atomic E-state index is -1.03. The number of rotatable bonds is 10. The van der Waals surface area contributed by atoms with Gasteiger partial charge >= 0.3 is 5.97 Å². The zero-order chi connectivity index (χ0) is 18.8. The highest BCUT2D eigenvalue weighted by Crippen LogP contribution is 2.17. The van der Waals surface area contributed by atoms with Gasteiger partial charge in [0.05, 0.1) is 12.6 Å². The number of benzene rings is 2. The lowest BCUT2D eigenvalue weighted by Gasteiger charge is -2.15. The van der Waals surface area contributed by atoms with Crippen LogP contribution in [0.1, 0.15) is 24.1 Å². The van der Waals surface area contributed by atoms with E-state index >= 15 is 0 Å². The highest BCUT2D eigenvalue weighted by molar-refractivity contribution is 5.77. The molecule has 0 saturated heterocycles. The van der Waals surface area contributed by atoms with Gasteiger partial charge in [0.1, 0.15) is 12.4 Å². The van der Waals surface area contributed by atoms with Crippen molar-refractivity contribution in [3.8, 4) is 5.75 Å². The van der Waals surface area contributed by atoms with Crippen LogP contribution >= 0.6 is 0 Å². The van der Waals surface area contributed by atoms with E-state index in [2.05, 4.69) is 5.32 Å². The molecule has 138 valence electrons. The maximum atomic E-state index is 12.0. The van der Waals surface area contributed by atoms with Gasteiger partial charge in [-0.25, -0.2) is 4.79 Å². The van der Waals surface area contributed by atoms with Crippen molar-refractivity contribution in [1.82, 2.24) is 5.32 Å². The van der Waals surface area contributed by atoms with Gasteiger partial charge in [-0.05, 0) is 36.6 Å². The predicted octanol–water partition coefficient (Wildman–Crippen LogP) is 2.59. The summed E-state index contributed by atoms with van der Waals surface area (Å²) in [5.41, 5.74) is 2.07. The highest BCUT2D eigenvalue weighted by atomic mass is 16.5. The SMILES string of the molecule is CC(NC(=O)COCCc1ccccc1)c1ccc(OCC(=O)O)cc1. The molecule has 0 aliphatic heterocycles. The fraction of sp³-hybridized carbons (Fsp3) is 0.300. The van der Waals surface area contributed by atoms with Gasteiger partial charge in [0.15, 0.2) is 6.61 Å². The second kappa shape index (κ2) is 10.2. The van der Waals surface area contributed by atoms with Crippen LogP contribution in [-0.4, -0.2) is 36.8 Å². The normalized spacial score (nSPS) is 11.6. The van der Waals surface area contributed by atoms with Crippen molar-refractivity contribution in [2.45, 2.75) is 19.4 Å². The molecule has 2 aromatic rings. The maximum absolute atomic E-state index is 12.0. The minimum absolute atomic E-state index is 0.0109. The number of aliphatic carboxylic acids is 1. The second-order valence-electron chi connectivity index (χ2n) is 5.83. The van der Waals surface area contributed by atoms with Crippen molar-refractivity contribution in [1.29, 1.82) is 0 Å². The Hall–Kier alpha value is -2.86. The van der Waals surface area contributed by atoms with Gasteiger partial charge in [0, 0.05) is 0 Å². The number of hydrogen-bond acceptors (Lipinski definition) is 4. The van der Waals surface area contributed by atoms with Crippen LogP contribution < -0.4 is 10.1 Å². The van der Waals surface area contributed by atoms with Gasteiger partial charge in [-0.1, -0.05) is 42.5 Å². The molecule has 2 rings (SSSR count). The van der Waals surface area contributed by atoms with Gasteiger partial charge in [-0.3, -0.25) is 4.79 Å². The number of hydrogen-bond donors (Lipinski definition) is 2. The van der Waals surface area contributed by atoms with Crippen molar-refractivity contribution >= 4 is 11.9 Å². The number of amides is 1. The molecule has 0 bridgehead atoms. The molecule has 0 aromatic heterocycles. The molecule has 0 aliphatic rings. The molecule has 0 fully saturated rings. The summed E-state index contributed by atoms with van der Waals surface area (Å²) in [6, 6.07) is 16.7. The molecular formula is C20H23NO5. The smallest absolute Gasteiger partial charge is 0.341 e.